The lowest BCUT2D eigenvalue weighted by Gasteiger charge is -2.23. The molecule has 4 heteroatoms. The Morgan fingerprint density at radius 3 is 2.16 bits per heavy atom. The number of hydrogen-bond donors (Lipinski definition) is 1. The molecule has 0 unspecified atom stereocenters. The smallest absolute Gasteiger partial charge is 0.258 e. The van der Waals surface area contributed by atoms with Crippen LogP contribution in [0.1, 0.15) is 50.8 Å². The summed E-state index contributed by atoms with van der Waals surface area (Å²) >= 11 is 6.04. The summed E-state index contributed by atoms with van der Waals surface area (Å²) in [7, 11) is 0. The fourth-order valence-corrected chi connectivity index (χ4v) is 2.83. The standard InChI is InChI=1S/C21H26ClNO2/c1-14(2)16-9-11-17(12-10-16)21(15(3)4)23-20(24)13-25-19-8-6-5-7-18(19)22/h5-12,14-15,21H,13H2,1-4H3,(H,23,24)/t21-/m1/s1. The Morgan fingerprint density at radius 1 is 1.00 bits per heavy atom. The zero-order valence-corrected chi connectivity index (χ0v) is 16.0. The molecule has 1 N–H and O–H groups in total. The molecular formula is C21H26ClNO2. The van der Waals surface area contributed by atoms with E-state index >= 15 is 0 Å². The average molecular weight is 360 g/mol. The summed E-state index contributed by atoms with van der Waals surface area (Å²) in [4.78, 5) is 12.3. The van der Waals surface area contributed by atoms with Crippen LogP contribution in [-0.4, -0.2) is 12.5 Å². The van der Waals surface area contributed by atoms with Crippen LogP contribution < -0.4 is 10.1 Å². The number of nitrogens with one attached hydrogen (secondary N) is 1. The molecule has 1 amide bonds. The summed E-state index contributed by atoms with van der Waals surface area (Å²) in [6.45, 7) is 8.47. The largest absolute Gasteiger partial charge is 0.482 e. The van der Waals surface area contributed by atoms with E-state index in [2.05, 4.69) is 57.3 Å². The Kier molecular flexibility index (Phi) is 6.89. The van der Waals surface area contributed by atoms with Gasteiger partial charge in [-0.25, -0.2) is 0 Å². The second kappa shape index (κ2) is 8.91. The Balaban J connectivity index is 2.01. The fraction of sp³-hybridized carbons (Fsp3) is 0.381. The Bertz CT molecular complexity index is 695. The molecule has 2 aromatic carbocycles. The van der Waals surface area contributed by atoms with Crippen molar-refractivity contribution in [2.24, 2.45) is 5.92 Å². The predicted octanol–water partition coefficient (Wildman–Crippen LogP) is 5.36. The van der Waals surface area contributed by atoms with Crippen LogP contribution in [0, 0.1) is 5.92 Å². The number of para-hydroxylation sites is 1. The average Bonchev–Trinajstić information content (AvgIpc) is 2.59. The van der Waals surface area contributed by atoms with Crippen LogP contribution in [0.4, 0.5) is 0 Å². The monoisotopic (exact) mass is 359 g/mol. The summed E-state index contributed by atoms with van der Waals surface area (Å²) in [6, 6.07) is 15.5. The van der Waals surface area contributed by atoms with Crippen LogP contribution in [0.3, 0.4) is 0 Å². The molecular weight excluding hydrogens is 334 g/mol. The molecule has 2 aromatic rings. The molecule has 2 rings (SSSR count). The van der Waals surface area contributed by atoms with Crippen molar-refractivity contribution < 1.29 is 9.53 Å². The Morgan fingerprint density at radius 2 is 1.60 bits per heavy atom. The Labute approximate surface area is 155 Å². The van der Waals surface area contributed by atoms with Crippen LogP contribution in [0.2, 0.25) is 5.02 Å². The molecule has 25 heavy (non-hydrogen) atoms. The second-order valence-electron chi connectivity index (χ2n) is 6.83. The van der Waals surface area contributed by atoms with Gasteiger partial charge in [0.1, 0.15) is 5.75 Å². The van der Waals surface area contributed by atoms with E-state index in [-0.39, 0.29) is 24.5 Å². The summed E-state index contributed by atoms with van der Waals surface area (Å²) in [5.41, 5.74) is 2.39. The van der Waals surface area contributed by atoms with Gasteiger partial charge in [-0.15, -0.1) is 0 Å². The van der Waals surface area contributed by atoms with E-state index in [4.69, 9.17) is 16.3 Å². The summed E-state index contributed by atoms with van der Waals surface area (Å²) in [6.07, 6.45) is 0. The van der Waals surface area contributed by atoms with Crippen molar-refractivity contribution in [3.05, 3.63) is 64.7 Å². The maximum atomic E-state index is 12.3. The van der Waals surface area contributed by atoms with Crippen molar-refractivity contribution in [2.75, 3.05) is 6.61 Å². The molecule has 0 spiro atoms. The minimum absolute atomic E-state index is 0.0523. The van der Waals surface area contributed by atoms with Crippen LogP contribution in [-0.2, 0) is 4.79 Å². The van der Waals surface area contributed by atoms with Crippen molar-refractivity contribution >= 4 is 17.5 Å². The highest BCUT2D eigenvalue weighted by molar-refractivity contribution is 6.32. The van der Waals surface area contributed by atoms with Gasteiger partial charge in [-0.2, -0.15) is 0 Å². The molecule has 0 radical (unpaired) electrons. The topological polar surface area (TPSA) is 38.3 Å². The molecule has 0 saturated carbocycles. The zero-order valence-electron chi connectivity index (χ0n) is 15.3. The van der Waals surface area contributed by atoms with Gasteiger partial charge in [-0.05, 0) is 35.1 Å². The van der Waals surface area contributed by atoms with Gasteiger partial charge in [0.15, 0.2) is 6.61 Å². The minimum Gasteiger partial charge on any atom is -0.482 e. The normalized spacial score (nSPS) is 12.3. The van der Waals surface area contributed by atoms with E-state index in [1.165, 1.54) is 5.56 Å². The molecule has 1 atom stereocenters. The highest BCUT2D eigenvalue weighted by Crippen LogP contribution is 2.25. The van der Waals surface area contributed by atoms with E-state index in [0.29, 0.717) is 16.7 Å². The van der Waals surface area contributed by atoms with Crippen molar-refractivity contribution in [3.63, 3.8) is 0 Å². The van der Waals surface area contributed by atoms with Crippen LogP contribution in [0.5, 0.6) is 5.75 Å². The predicted molar refractivity (Wildman–Crippen MR) is 103 cm³/mol. The van der Waals surface area contributed by atoms with Gasteiger partial charge < -0.3 is 10.1 Å². The van der Waals surface area contributed by atoms with E-state index in [0.717, 1.165) is 5.56 Å². The second-order valence-corrected chi connectivity index (χ2v) is 7.24. The molecule has 0 saturated heterocycles. The van der Waals surface area contributed by atoms with E-state index in [9.17, 15) is 4.79 Å². The molecule has 3 nitrogen and oxygen atoms in total. The van der Waals surface area contributed by atoms with Crippen LogP contribution in [0.25, 0.3) is 0 Å². The SMILES string of the molecule is CC(C)c1ccc([C@H](NC(=O)COc2ccccc2Cl)C(C)C)cc1. The third-order valence-corrected chi connectivity index (χ3v) is 4.45. The van der Waals surface area contributed by atoms with Gasteiger partial charge in [0.25, 0.3) is 5.91 Å². The van der Waals surface area contributed by atoms with Crippen molar-refractivity contribution in [1.29, 1.82) is 0 Å². The zero-order chi connectivity index (χ0) is 18.4. The number of halogens is 1. The Hall–Kier alpha value is -2.00. The molecule has 0 aliphatic carbocycles. The number of benzene rings is 2. The van der Waals surface area contributed by atoms with Crippen molar-refractivity contribution in [2.45, 2.75) is 39.7 Å². The van der Waals surface area contributed by atoms with E-state index < -0.39 is 0 Å². The van der Waals surface area contributed by atoms with E-state index in [1.54, 1.807) is 12.1 Å². The van der Waals surface area contributed by atoms with Crippen LogP contribution >= 0.6 is 11.6 Å². The maximum Gasteiger partial charge on any atom is 0.258 e. The lowest BCUT2D eigenvalue weighted by molar-refractivity contribution is -0.124. The summed E-state index contributed by atoms with van der Waals surface area (Å²) in [5, 5.41) is 3.56. The number of carbonyl (C=O) groups is 1. The highest BCUT2D eigenvalue weighted by Gasteiger charge is 2.19. The van der Waals surface area contributed by atoms with Gasteiger partial charge in [0, 0.05) is 0 Å². The van der Waals surface area contributed by atoms with Gasteiger partial charge in [0.2, 0.25) is 0 Å². The third-order valence-electron chi connectivity index (χ3n) is 4.14. The molecule has 134 valence electrons. The van der Waals surface area contributed by atoms with Crippen molar-refractivity contribution in [3.8, 4) is 5.75 Å². The van der Waals surface area contributed by atoms with Gasteiger partial charge in [-0.3, -0.25) is 4.79 Å². The molecule has 0 bridgehead atoms. The quantitative estimate of drug-likeness (QED) is 0.723. The minimum atomic E-state index is -0.161. The van der Waals surface area contributed by atoms with E-state index in [1.807, 2.05) is 12.1 Å². The van der Waals surface area contributed by atoms with Crippen molar-refractivity contribution in [1.82, 2.24) is 5.32 Å². The number of amides is 1. The molecule has 0 fully saturated rings. The molecule has 0 aliphatic heterocycles. The lowest BCUT2D eigenvalue weighted by atomic mass is 9.93. The van der Waals surface area contributed by atoms with Crippen LogP contribution in [0.15, 0.2) is 48.5 Å². The number of carbonyl (C=O) groups excluding carboxylic acids is 1. The number of hydrogen-bond acceptors (Lipinski definition) is 2. The first-order valence-electron chi connectivity index (χ1n) is 8.65. The first-order chi connectivity index (χ1) is 11.9. The summed E-state index contributed by atoms with van der Waals surface area (Å²) < 4.78 is 5.52. The summed E-state index contributed by atoms with van der Waals surface area (Å²) in [5.74, 6) is 1.12. The fourth-order valence-electron chi connectivity index (χ4n) is 2.64. The van der Waals surface area contributed by atoms with Gasteiger partial charge in [-0.1, -0.05) is 75.7 Å². The molecule has 0 aromatic heterocycles. The first-order valence-corrected chi connectivity index (χ1v) is 9.02. The number of rotatable bonds is 7. The maximum absolute atomic E-state index is 12.3. The first kappa shape index (κ1) is 19.3. The highest BCUT2D eigenvalue weighted by atomic mass is 35.5. The lowest BCUT2D eigenvalue weighted by Crippen LogP contribution is -2.35. The third kappa shape index (κ3) is 5.50. The van der Waals surface area contributed by atoms with Gasteiger partial charge in [0.05, 0.1) is 11.1 Å². The number of ether oxygens (including phenoxy) is 1. The van der Waals surface area contributed by atoms with Gasteiger partial charge >= 0.3 is 0 Å². The molecule has 0 heterocycles. The molecule has 0 aliphatic rings.